The largest absolute Gasteiger partial charge is 0.364 e. The minimum Gasteiger partial charge on any atom is -0.364 e. The standard InChI is InChI=1S/C23H25F2N5O3S/c1-28(14-15-4-5-15)34(32,33)27-23(31)19-13-26-30-10-8-17(12-22(19)30)29-9-2-3-21(29)18-11-16(24)6-7-20(18)25/h6-8,10-13,15,21H,2-5,9,14H2,1H3,(H,27,31). The third-order valence-corrected chi connectivity index (χ3v) is 7.91. The van der Waals surface area contributed by atoms with Gasteiger partial charge in [0.15, 0.2) is 0 Å². The molecule has 180 valence electrons. The monoisotopic (exact) mass is 489 g/mol. The van der Waals surface area contributed by atoms with Crippen molar-refractivity contribution in [2.75, 3.05) is 25.0 Å². The van der Waals surface area contributed by atoms with Crippen LogP contribution in [0.4, 0.5) is 14.5 Å². The van der Waals surface area contributed by atoms with Crippen LogP contribution in [0.5, 0.6) is 0 Å². The molecule has 1 saturated carbocycles. The van der Waals surface area contributed by atoms with Crippen molar-refractivity contribution in [1.29, 1.82) is 0 Å². The Labute approximate surface area is 196 Å². The molecule has 0 spiro atoms. The van der Waals surface area contributed by atoms with Crippen LogP contribution in [-0.4, -0.2) is 48.4 Å². The van der Waals surface area contributed by atoms with Crippen LogP contribution in [0, 0.1) is 17.6 Å². The van der Waals surface area contributed by atoms with E-state index in [1.54, 1.807) is 18.3 Å². The molecule has 2 fully saturated rings. The van der Waals surface area contributed by atoms with Crippen molar-refractivity contribution >= 4 is 27.3 Å². The average Bonchev–Trinajstić information content (AvgIpc) is 3.31. The predicted octanol–water partition coefficient (Wildman–Crippen LogP) is 3.27. The molecule has 0 bridgehead atoms. The highest BCUT2D eigenvalue weighted by Crippen LogP contribution is 2.38. The predicted molar refractivity (Wildman–Crippen MR) is 123 cm³/mol. The number of nitrogens with one attached hydrogen (secondary N) is 1. The number of halogens is 2. The number of nitrogens with zero attached hydrogens (tertiary/aromatic N) is 4. The minimum absolute atomic E-state index is 0.109. The van der Waals surface area contributed by atoms with E-state index in [2.05, 4.69) is 9.82 Å². The van der Waals surface area contributed by atoms with Gasteiger partial charge in [-0.05, 0) is 61.9 Å². The molecule has 34 heavy (non-hydrogen) atoms. The number of fused-ring (bicyclic) bond motifs is 1. The smallest absolute Gasteiger partial charge is 0.303 e. The molecule has 1 atom stereocenters. The Hall–Kier alpha value is -3.05. The van der Waals surface area contributed by atoms with Crippen molar-refractivity contribution in [3.05, 3.63) is 65.5 Å². The molecule has 2 aliphatic rings. The maximum absolute atomic E-state index is 14.5. The highest BCUT2D eigenvalue weighted by atomic mass is 32.2. The Morgan fingerprint density at radius 2 is 2.00 bits per heavy atom. The molecule has 8 nitrogen and oxygen atoms in total. The molecule has 1 unspecified atom stereocenters. The van der Waals surface area contributed by atoms with Gasteiger partial charge < -0.3 is 4.90 Å². The van der Waals surface area contributed by atoms with Gasteiger partial charge in [-0.3, -0.25) is 4.79 Å². The fourth-order valence-electron chi connectivity index (χ4n) is 4.50. The summed E-state index contributed by atoms with van der Waals surface area (Å²) in [6, 6.07) is 6.60. The van der Waals surface area contributed by atoms with Gasteiger partial charge in [0, 0.05) is 37.6 Å². The molecule has 1 N–H and O–H groups in total. The van der Waals surface area contributed by atoms with Gasteiger partial charge in [0.2, 0.25) is 0 Å². The Morgan fingerprint density at radius 1 is 1.21 bits per heavy atom. The molecular weight excluding hydrogens is 464 g/mol. The number of hydrogen-bond donors (Lipinski definition) is 1. The van der Waals surface area contributed by atoms with E-state index in [0.717, 1.165) is 35.7 Å². The molecule has 2 aromatic heterocycles. The Morgan fingerprint density at radius 3 is 2.76 bits per heavy atom. The van der Waals surface area contributed by atoms with Gasteiger partial charge in [0.05, 0.1) is 23.3 Å². The molecule has 1 saturated heterocycles. The topological polar surface area (TPSA) is 87.0 Å². The van der Waals surface area contributed by atoms with Gasteiger partial charge in [-0.1, -0.05) is 0 Å². The van der Waals surface area contributed by atoms with E-state index < -0.39 is 27.8 Å². The van der Waals surface area contributed by atoms with Crippen LogP contribution in [0.1, 0.15) is 47.6 Å². The second kappa shape index (κ2) is 8.62. The summed E-state index contributed by atoms with van der Waals surface area (Å²) in [6.07, 6.45) is 6.40. The fourth-order valence-corrected chi connectivity index (χ4v) is 5.41. The van der Waals surface area contributed by atoms with Crippen LogP contribution in [0.2, 0.25) is 0 Å². The third-order valence-electron chi connectivity index (χ3n) is 6.50. The van der Waals surface area contributed by atoms with Crippen LogP contribution >= 0.6 is 0 Å². The van der Waals surface area contributed by atoms with Crippen LogP contribution in [0.3, 0.4) is 0 Å². The first kappa shape index (κ1) is 22.7. The number of carbonyl (C=O) groups excluding carboxylic acids is 1. The van der Waals surface area contributed by atoms with Crippen molar-refractivity contribution < 1.29 is 22.0 Å². The van der Waals surface area contributed by atoms with E-state index in [9.17, 15) is 22.0 Å². The lowest BCUT2D eigenvalue weighted by atomic mass is 10.0. The van der Waals surface area contributed by atoms with Crippen molar-refractivity contribution in [3.8, 4) is 0 Å². The van der Waals surface area contributed by atoms with Crippen molar-refractivity contribution in [3.63, 3.8) is 0 Å². The van der Waals surface area contributed by atoms with Gasteiger partial charge in [-0.15, -0.1) is 0 Å². The Kier molecular flexibility index (Phi) is 5.76. The highest BCUT2D eigenvalue weighted by molar-refractivity contribution is 7.87. The van der Waals surface area contributed by atoms with Gasteiger partial charge in [-0.25, -0.2) is 18.0 Å². The number of pyridine rings is 1. The number of rotatable bonds is 7. The number of aromatic nitrogens is 2. The first-order valence-electron chi connectivity index (χ1n) is 11.2. The number of benzene rings is 1. The Balaban J connectivity index is 1.42. The van der Waals surface area contributed by atoms with E-state index in [4.69, 9.17) is 0 Å². The summed E-state index contributed by atoms with van der Waals surface area (Å²) >= 11 is 0. The van der Waals surface area contributed by atoms with Gasteiger partial charge in [0.25, 0.3) is 5.91 Å². The summed E-state index contributed by atoms with van der Waals surface area (Å²) in [5.74, 6) is -1.40. The second-order valence-electron chi connectivity index (χ2n) is 8.95. The zero-order valence-corrected chi connectivity index (χ0v) is 19.4. The van der Waals surface area contributed by atoms with Crippen LogP contribution in [0.25, 0.3) is 5.52 Å². The maximum atomic E-state index is 14.5. The molecule has 1 aromatic carbocycles. The Bertz CT molecular complexity index is 1360. The zero-order valence-electron chi connectivity index (χ0n) is 18.6. The normalized spacial score (nSPS) is 18.7. The number of hydrogen-bond acceptors (Lipinski definition) is 5. The minimum atomic E-state index is -3.98. The number of amides is 1. The van der Waals surface area contributed by atoms with Crippen molar-refractivity contribution in [1.82, 2.24) is 18.6 Å². The van der Waals surface area contributed by atoms with E-state index in [1.807, 2.05) is 4.90 Å². The summed E-state index contributed by atoms with van der Waals surface area (Å²) in [7, 11) is -2.53. The lowest BCUT2D eigenvalue weighted by Crippen LogP contribution is -2.42. The number of anilines is 1. The van der Waals surface area contributed by atoms with Crippen LogP contribution in [-0.2, 0) is 10.2 Å². The molecule has 1 amide bonds. The highest BCUT2D eigenvalue weighted by Gasteiger charge is 2.31. The molecule has 1 aliphatic carbocycles. The van der Waals surface area contributed by atoms with Crippen LogP contribution < -0.4 is 9.62 Å². The molecule has 0 radical (unpaired) electrons. The summed E-state index contributed by atoms with van der Waals surface area (Å²) in [6.45, 7) is 1.00. The zero-order chi connectivity index (χ0) is 24.0. The summed E-state index contributed by atoms with van der Waals surface area (Å²) in [5.41, 5.74) is 1.52. The lowest BCUT2D eigenvalue weighted by Gasteiger charge is -2.27. The summed E-state index contributed by atoms with van der Waals surface area (Å²) in [4.78, 5) is 14.8. The van der Waals surface area contributed by atoms with Gasteiger partial charge in [-0.2, -0.15) is 17.8 Å². The second-order valence-corrected chi connectivity index (χ2v) is 10.7. The van der Waals surface area contributed by atoms with Gasteiger partial charge >= 0.3 is 10.2 Å². The first-order valence-corrected chi connectivity index (χ1v) is 12.6. The first-order chi connectivity index (χ1) is 16.2. The molecule has 5 rings (SSSR count). The van der Waals surface area contributed by atoms with Gasteiger partial charge in [0.1, 0.15) is 11.6 Å². The van der Waals surface area contributed by atoms with E-state index in [1.165, 1.54) is 23.8 Å². The van der Waals surface area contributed by atoms with E-state index in [-0.39, 0.29) is 17.2 Å². The average molecular weight is 490 g/mol. The molecule has 1 aliphatic heterocycles. The van der Waals surface area contributed by atoms with E-state index in [0.29, 0.717) is 36.6 Å². The molecule has 3 aromatic rings. The summed E-state index contributed by atoms with van der Waals surface area (Å²) < 4.78 is 58.2. The van der Waals surface area contributed by atoms with E-state index >= 15 is 0 Å². The fraction of sp³-hybridized carbons (Fsp3) is 0.391. The number of carbonyl (C=O) groups is 1. The van der Waals surface area contributed by atoms with Crippen molar-refractivity contribution in [2.45, 2.75) is 31.7 Å². The van der Waals surface area contributed by atoms with Crippen LogP contribution in [0.15, 0.2) is 42.7 Å². The summed E-state index contributed by atoms with van der Waals surface area (Å²) in [5, 5.41) is 4.16. The molecule has 11 heteroatoms. The third kappa shape index (κ3) is 4.37. The quantitative estimate of drug-likeness (QED) is 0.551. The maximum Gasteiger partial charge on any atom is 0.303 e. The SMILES string of the molecule is CN(CC1CC1)S(=O)(=O)NC(=O)c1cnn2ccc(N3CCCC3c3cc(F)ccc3F)cc12. The van der Waals surface area contributed by atoms with Crippen molar-refractivity contribution in [2.24, 2.45) is 5.92 Å². The molecule has 3 heterocycles. The lowest BCUT2D eigenvalue weighted by molar-refractivity contribution is 0.0981. The molecular formula is C23H25F2N5O3S.